The number of fused-ring (bicyclic) bond motifs is 1. The average Bonchev–Trinajstić information content (AvgIpc) is 2.98. The molecule has 4 nitrogen and oxygen atoms in total. The van der Waals surface area contributed by atoms with E-state index in [1.165, 1.54) is 12.8 Å². The molecular formula is C12H15NO3. The van der Waals surface area contributed by atoms with E-state index in [9.17, 15) is 5.11 Å². The van der Waals surface area contributed by atoms with Crippen molar-refractivity contribution >= 4 is 0 Å². The minimum atomic E-state index is 0.244. The average molecular weight is 221 g/mol. The lowest BCUT2D eigenvalue weighted by molar-refractivity contribution is 0.174. The van der Waals surface area contributed by atoms with Crippen LogP contribution in [0.1, 0.15) is 18.4 Å². The normalized spacial score (nSPS) is 17.8. The summed E-state index contributed by atoms with van der Waals surface area (Å²) < 4.78 is 10.5. The number of nitrogens with one attached hydrogen (secondary N) is 1. The molecule has 4 heteroatoms. The van der Waals surface area contributed by atoms with Crippen molar-refractivity contribution in [1.82, 2.24) is 5.32 Å². The predicted octanol–water partition coefficient (Wildman–Crippen LogP) is 1.62. The fraction of sp³-hybridized carbons (Fsp3) is 0.500. The molecule has 1 fully saturated rings. The van der Waals surface area contributed by atoms with Gasteiger partial charge in [-0.05, 0) is 31.4 Å². The molecule has 86 valence electrons. The van der Waals surface area contributed by atoms with E-state index in [0.29, 0.717) is 12.3 Å². The first-order valence-corrected chi connectivity index (χ1v) is 5.65. The summed E-state index contributed by atoms with van der Waals surface area (Å²) in [5.41, 5.74) is 0.866. The van der Waals surface area contributed by atoms with Crippen molar-refractivity contribution in [2.75, 3.05) is 13.3 Å². The molecule has 1 heterocycles. The van der Waals surface area contributed by atoms with Crippen LogP contribution in [0.25, 0.3) is 0 Å². The summed E-state index contributed by atoms with van der Waals surface area (Å²) in [6.07, 6.45) is 2.67. The van der Waals surface area contributed by atoms with Gasteiger partial charge in [-0.3, -0.25) is 0 Å². The Morgan fingerprint density at radius 2 is 2.00 bits per heavy atom. The van der Waals surface area contributed by atoms with Gasteiger partial charge in [-0.25, -0.2) is 0 Å². The number of hydrogen-bond acceptors (Lipinski definition) is 4. The standard InChI is InChI=1S/C12H15NO3/c14-10-4-12-11(15-7-16-12)3-9(10)6-13-5-8-1-2-8/h3-4,8,13-14H,1-2,5-7H2. The molecule has 0 spiro atoms. The number of ether oxygens (including phenoxy) is 2. The zero-order chi connectivity index (χ0) is 11.0. The summed E-state index contributed by atoms with van der Waals surface area (Å²) in [5.74, 6) is 2.47. The minimum absolute atomic E-state index is 0.244. The highest BCUT2D eigenvalue weighted by Gasteiger charge is 2.21. The third-order valence-electron chi connectivity index (χ3n) is 3.02. The second-order valence-electron chi connectivity index (χ2n) is 4.41. The molecule has 1 aliphatic heterocycles. The van der Waals surface area contributed by atoms with E-state index < -0.39 is 0 Å². The van der Waals surface area contributed by atoms with E-state index in [2.05, 4.69) is 5.32 Å². The molecule has 0 atom stereocenters. The summed E-state index contributed by atoms with van der Waals surface area (Å²) in [6, 6.07) is 3.47. The molecule has 3 rings (SSSR count). The molecule has 1 saturated carbocycles. The first-order valence-electron chi connectivity index (χ1n) is 5.65. The highest BCUT2D eigenvalue weighted by molar-refractivity contribution is 5.51. The van der Waals surface area contributed by atoms with Gasteiger partial charge in [0.25, 0.3) is 0 Å². The number of phenols is 1. The molecule has 0 bridgehead atoms. The quantitative estimate of drug-likeness (QED) is 0.811. The molecule has 0 unspecified atom stereocenters. The van der Waals surface area contributed by atoms with Crippen molar-refractivity contribution in [3.8, 4) is 17.2 Å². The first-order chi connectivity index (χ1) is 7.83. The molecule has 1 aromatic carbocycles. The summed E-state index contributed by atoms with van der Waals surface area (Å²) in [5, 5.41) is 13.1. The Labute approximate surface area is 94.2 Å². The molecule has 1 aliphatic carbocycles. The van der Waals surface area contributed by atoms with Crippen LogP contribution in [0.5, 0.6) is 17.2 Å². The minimum Gasteiger partial charge on any atom is -0.507 e. The first kappa shape index (κ1) is 9.78. The van der Waals surface area contributed by atoms with Gasteiger partial charge in [-0.15, -0.1) is 0 Å². The lowest BCUT2D eigenvalue weighted by atomic mass is 10.1. The lowest BCUT2D eigenvalue weighted by Gasteiger charge is -2.07. The van der Waals surface area contributed by atoms with Crippen LogP contribution in [0.3, 0.4) is 0 Å². The number of phenolic OH excluding ortho intramolecular Hbond substituents is 1. The highest BCUT2D eigenvalue weighted by Crippen LogP contribution is 2.37. The van der Waals surface area contributed by atoms with Crippen LogP contribution >= 0.6 is 0 Å². The van der Waals surface area contributed by atoms with Gasteiger partial charge < -0.3 is 19.9 Å². The third-order valence-corrected chi connectivity index (χ3v) is 3.02. The van der Waals surface area contributed by atoms with Crippen molar-refractivity contribution in [1.29, 1.82) is 0 Å². The largest absolute Gasteiger partial charge is 0.507 e. The maximum absolute atomic E-state index is 9.78. The Kier molecular flexibility index (Phi) is 2.36. The summed E-state index contributed by atoms with van der Waals surface area (Å²) in [7, 11) is 0. The fourth-order valence-corrected chi connectivity index (χ4v) is 1.85. The van der Waals surface area contributed by atoms with Gasteiger partial charge in [0.2, 0.25) is 6.79 Å². The van der Waals surface area contributed by atoms with E-state index >= 15 is 0 Å². The Hall–Kier alpha value is -1.42. The van der Waals surface area contributed by atoms with E-state index in [4.69, 9.17) is 9.47 Å². The van der Waals surface area contributed by atoms with Crippen LogP contribution in [0.15, 0.2) is 12.1 Å². The molecule has 0 radical (unpaired) electrons. The Balaban J connectivity index is 1.68. The van der Waals surface area contributed by atoms with Crippen molar-refractivity contribution in [3.05, 3.63) is 17.7 Å². The maximum Gasteiger partial charge on any atom is 0.231 e. The van der Waals surface area contributed by atoms with Gasteiger partial charge in [0, 0.05) is 18.2 Å². The van der Waals surface area contributed by atoms with Crippen molar-refractivity contribution in [2.45, 2.75) is 19.4 Å². The number of rotatable bonds is 4. The number of aromatic hydroxyl groups is 1. The van der Waals surface area contributed by atoms with E-state index in [1.807, 2.05) is 6.07 Å². The molecule has 2 N–H and O–H groups in total. The summed E-state index contributed by atoms with van der Waals surface area (Å²) >= 11 is 0. The van der Waals surface area contributed by atoms with Gasteiger partial charge in [0.15, 0.2) is 11.5 Å². The van der Waals surface area contributed by atoms with Gasteiger partial charge in [0.1, 0.15) is 5.75 Å². The summed E-state index contributed by atoms with van der Waals surface area (Å²) in [6.45, 7) is 1.96. The van der Waals surface area contributed by atoms with E-state index in [-0.39, 0.29) is 12.5 Å². The topological polar surface area (TPSA) is 50.7 Å². The third kappa shape index (κ3) is 1.93. The summed E-state index contributed by atoms with van der Waals surface area (Å²) in [4.78, 5) is 0. The monoisotopic (exact) mass is 221 g/mol. The molecule has 16 heavy (non-hydrogen) atoms. The lowest BCUT2D eigenvalue weighted by Crippen LogP contribution is -2.16. The molecule has 0 saturated heterocycles. The van der Waals surface area contributed by atoms with Crippen LogP contribution in [-0.4, -0.2) is 18.4 Å². The maximum atomic E-state index is 9.78. The van der Waals surface area contributed by atoms with Gasteiger partial charge >= 0.3 is 0 Å². The van der Waals surface area contributed by atoms with Crippen LogP contribution in [0, 0.1) is 5.92 Å². The Morgan fingerprint density at radius 3 is 2.75 bits per heavy atom. The zero-order valence-electron chi connectivity index (χ0n) is 9.03. The molecule has 1 aromatic rings. The van der Waals surface area contributed by atoms with Crippen LogP contribution in [0.4, 0.5) is 0 Å². The smallest absolute Gasteiger partial charge is 0.231 e. The number of benzene rings is 1. The van der Waals surface area contributed by atoms with Gasteiger partial charge in [0.05, 0.1) is 0 Å². The fourth-order valence-electron chi connectivity index (χ4n) is 1.85. The van der Waals surface area contributed by atoms with Crippen molar-refractivity contribution in [2.24, 2.45) is 5.92 Å². The Morgan fingerprint density at radius 1 is 1.25 bits per heavy atom. The predicted molar refractivity (Wildman–Crippen MR) is 58.7 cm³/mol. The molecular weight excluding hydrogens is 206 g/mol. The second kappa shape index (κ2) is 3.87. The van der Waals surface area contributed by atoms with E-state index in [1.54, 1.807) is 6.07 Å². The van der Waals surface area contributed by atoms with Crippen LogP contribution in [0.2, 0.25) is 0 Å². The number of hydrogen-bond donors (Lipinski definition) is 2. The molecule has 0 amide bonds. The second-order valence-corrected chi connectivity index (χ2v) is 4.41. The van der Waals surface area contributed by atoms with Crippen molar-refractivity contribution in [3.63, 3.8) is 0 Å². The van der Waals surface area contributed by atoms with Crippen LogP contribution in [-0.2, 0) is 6.54 Å². The zero-order valence-corrected chi connectivity index (χ0v) is 9.03. The van der Waals surface area contributed by atoms with Gasteiger partial charge in [-0.1, -0.05) is 0 Å². The molecule has 0 aromatic heterocycles. The van der Waals surface area contributed by atoms with Crippen LogP contribution < -0.4 is 14.8 Å². The van der Waals surface area contributed by atoms with Crippen molar-refractivity contribution < 1.29 is 14.6 Å². The SMILES string of the molecule is Oc1cc2c(cc1CNCC1CC1)OCO2. The van der Waals surface area contributed by atoms with E-state index in [0.717, 1.165) is 23.8 Å². The Bertz CT molecular complexity index is 401. The van der Waals surface area contributed by atoms with Gasteiger partial charge in [-0.2, -0.15) is 0 Å². The molecule has 2 aliphatic rings. The highest BCUT2D eigenvalue weighted by atomic mass is 16.7.